The molecule has 7 rings (SSSR count). The molecule has 244 valence electrons. The van der Waals surface area contributed by atoms with E-state index in [1.165, 1.54) is 63.9 Å². The van der Waals surface area contributed by atoms with Gasteiger partial charge in [-0.15, -0.1) is 0 Å². The summed E-state index contributed by atoms with van der Waals surface area (Å²) in [6.07, 6.45) is 7.69. The summed E-state index contributed by atoms with van der Waals surface area (Å²) in [5.41, 5.74) is 27.6. The van der Waals surface area contributed by atoms with Crippen molar-refractivity contribution < 1.29 is 45.1 Å². The zero-order valence-corrected chi connectivity index (χ0v) is 34.0. The van der Waals surface area contributed by atoms with Crippen molar-refractivity contribution in [3.05, 3.63) is 126 Å². The maximum atomic E-state index is 2.69. The smallest absolute Gasteiger partial charge is 1.00 e. The van der Waals surface area contributed by atoms with Gasteiger partial charge >= 0.3 is 279 Å². The fourth-order valence-electron chi connectivity index (χ4n) is 9.53. The average molecular weight is 741 g/mol. The molecule has 1 fully saturated rings. The molecule has 2 unspecified atom stereocenters. The van der Waals surface area contributed by atoms with Gasteiger partial charge < -0.3 is 24.8 Å². The van der Waals surface area contributed by atoms with Gasteiger partial charge in [-0.1, -0.05) is 0 Å². The molecule has 3 aliphatic rings. The molecule has 2 aliphatic carbocycles. The van der Waals surface area contributed by atoms with Crippen LogP contribution in [0.4, 0.5) is 0 Å². The minimum absolute atomic E-state index is 0. The van der Waals surface area contributed by atoms with Gasteiger partial charge in [-0.3, -0.25) is 0 Å². The van der Waals surface area contributed by atoms with Crippen molar-refractivity contribution in [2.45, 2.75) is 97.6 Å². The van der Waals surface area contributed by atoms with E-state index in [2.05, 4.69) is 130 Å². The molecule has 3 heteroatoms. The van der Waals surface area contributed by atoms with Crippen molar-refractivity contribution in [3.8, 4) is 22.3 Å². The van der Waals surface area contributed by atoms with Crippen LogP contribution in [0.25, 0.3) is 34.4 Å². The van der Waals surface area contributed by atoms with E-state index < -0.39 is 20.3 Å². The molecule has 0 N–H and O–H groups in total. The first-order chi connectivity index (χ1) is 21.5. The normalized spacial score (nSPS) is 17.8. The Morgan fingerprint density at radius 1 is 0.532 bits per heavy atom. The maximum Gasteiger partial charge on any atom is -1.00 e. The summed E-state index contributed by atoms with van der Waals surface area (Å²) in [5, 5.41) is 0. The van der Waals surface area contributed by atoms with Crippen molar-refractivity contribution in [1.82, 2.24) is 0 Å². The van der Waals surface area contributed by atoms with Crippen LogP contribution in [0.5, 0.6) is 0 Å². The number of rotatable bonds is 6. The van der Waals surface area contributed by atoms with Crippen molar-refractivity contribution >= 4 is 12.2 Å². The maximum absolute atomic E-state index is 2.85. The van der Waals surface area contributed by atoms with Crippen molar-refractivity contribution in [3.63, 3.8) is 0 Å². The molecular weight excluding hydrogens is 691 g/mol. The van der Waals surface area contributed by atoms with Crippen molar-refractivity contribution in [1.29, 1.82) is 0 Å². The quantitative estimate of drug-likeness (QED) is 0.202. The van der Waals surface area contributed by atoms with E-state index in [1.807, 2.05) is 0 Å². The van der Waals surface area contributed by atoms with Crippen LogP contribution in [0, 0.1) is 55.4 Å². The van der Waals surface area contributed by atoms with E-state index in [4.69, 9.17) is 0 Å². The molecule has 1 saturated heterocycles. The Kier molecular flexibility index (Phi) is 10.2. The summed E-state index contributed by atoms with van der Waals surface area (Å²) in [6.45, 7) is 23.8. The molecule has 1 heterocycles. The van der Waals surface area contributed by atoms with Crippen LogP contribution in [0.15, 0.2) is 59.7 Å². The Morgan fingerprint density at radius 2 is 0.915 bits per heavy atom. The van der Waals surface area contributed by atoms with E-state index in [0.717, 1.165) is 12.8 Å². The third-order valence-electron chi connectivity index (χ3n) is 12.3. The molecule has 0 spiro atoms. The molecule has 0 nitrogen and oxygen atoms in total. The van der Waals surface area contributed by atoms with Gasteiger partial charge in [0.05, 0.1) is 0 Å². The molecule has 0 bridgehead atoms. The molecule has 0 amide bonds. The first kappa shape index (κ1) is 36.1. The number of hydrogen-bond donors (Lipinski definition) is 0. The number of allylic oxidation sites excluding steroid dienone is 2. The van der Waals surface area contributed by atoms with Crippen molar-refractivity contribution in [2.24, 2.45) is 0 Å². The van der Waals surface area contributed by atoms with Crippen LogP contribution in [0.3, 0.4) is 0 Å². The zero-order chi connectivity index (χ0) is 31.9. The third-order valence-corrected chi connectivity index (χ3v) is 25.3. The second-order valence-corrected chi connectivity index (χ2v) is 26.0. The molecule has 47 heavy (non-hydrogen) atoms. The average Bonchev–Trinajstić information content (AvgIpc) is 3.57. The van der Waals surface area contributed by atoms with Crippen LogP contribution in [-0.2, 0) is 20.3 Å². The van der Waals surface area contributed by atoms with E-state index >= 15 is 0 Å². The standard InChI is InChI=1S/2C21H23.C2H4.2ClH.Zr/c2*1-6-17-11-19-15(4)14(3)16(5)21(20(19)12-17)18-9-7-8-13(2)10-18;1-2;;;/h2*7-12H,6H2,1-5H3;1-2H2;2*1H;/q;;;;;+2/p-2. The van der Waals surface area contributed by atoms with Gasteiger partial charge in [-0.25, -0.2) is 0 Å². The van der Waals surface area contributed by atoms with E-state index in [-0.39, 0.29) is 24.8 Å². The molecule has 0 saturated carbocycles. The molecule has 0 radical (unpaired) electrons. The Morgan fingerprint density at radius 3 is 1.23 bits per heavy atom. The SMILES string of the molecule is CCC1=Cc2c(-c3cccc(C)c3)c(C)c(C)c(C)c2[CH]1[Zr+2]1([CH]2C(CC)=Cc3c(-c4cccc(C)c4)c(C)c(C)c(C)c32)[CH2][CH2]1.[Cl-].[Cl-]. The second kappa shape index (κ2) is 13.3. The Bertz CT molecular complexity index is 1830. The van der Waals surface area contributed by atoms with Crippen LogP contribution < -0.4 is 24.8 Å². The largest absolute Gasteiger partial charge is 1.00 e. The first-order valence-corrected chi connectivity index (χ1v) is 23.7. The Hall–Kier alpha value is -2.18. The summed E-state index contributed by atoms with van der Waals surface area (Å²) in [7, 11) is 0. The summed E-state index contributed by atoms with van der Waals surface area (Å²) in [5.74, 6) is 0. The molecule has 2 atom stereocenters. The molecule has 0 aromatic heterocycles. The first-order valence-electron chi connectivity index (χ1n) is 17.4. The Labute approximate surface area is 301 Å². The van der Waals surface area contributed by atoms with Gasteiger partial charge in [-0.05, 0) is 0 Å². The number of benzene rings is 4. The van der Waals surface area contributed by atoms with Gasteiger partial charge in [0.1, 0.15) is 0 Å². The fourth-order valence-corrected chi connectivity index (χ4v) is 27.8. The van der Waals surface area contributed by atoms with E-state index in [1.54, 1.807) is 44.5 Å². The number of hydrogen-bond acceptors (Lipinski definition) is 0. The number of halogens is 2. The Balaban J connectivity index is 0.00000217. The minimum atomic E-state index is -2.85. The zero-order valence-electron chi connectivity index (χ0n) is 30.0. The summed E-state index contributed by atoms with van der Waals surface area (Å²) in [6, 6.07) is 18.5. The van der Waals surface area contributed by atoms with Crippen LogP contribution in [0.2, 0.25) is 8.26 Å². The second-order valence-electron chi connectivity index (χ2n) is 14.6. The topological polar surface area (TPSA) is 0 Å². The molecular formula is C44H50Cl2Zr. The van der Waals surface area contributed by atoms with Gasteiger partial charge in [-0.2, -0.15) is 0 Å². The van der Waals surface area contributed by atoms with Crippen LogP contribution in [0.1, 0.15) is 101 Å². The van der Waals surface area contributed by atoms with Gasteiger partial charge in [0.2, 0.25) is 0 Å². The van der Waals surface area contributed by atoms with Crippen LogP contribution in [-0.4, -0.2) is 0 Å². The fraction of sp³-hybridized carbons (Fsp3) is 0.364. The third kappa shape index (κ3) is 5.43. The minimum Gasteiger partial charge on any atom is -1.00 e. The van der Waals surface area contributed by atoms with Gasteiger partial charge in [0.25, 0.3) is 0 Å². The van der Waals surface area contributed by atoms with E-state index in [0.29, 0.717) is 7.25 Å². The summed E-state index contributed by atoms with van der Waals surface area (Å²) >= 11 is -2.85. The van der Waals surface area contributed by atoms with Crippen molar-refractivity contribution in [2.75, 3.05) is 0 Å². The molecule has 1 aliphatic heterocycles. The van der Waals surface area contributed by atoms with Crippen LogP contribution >= 0.6 is 0 Å². The predicted octanol–water partition coefficient (Wildman–Crippen LogP) is 6.90. The van der Waals surface area contributed by atoms with Gasteiger partial charge in [0.15, 0.2) is 0 Å². The molecule has 4 aromatic rings. The molecule has 4 aromatic carbocycles. The number of fused-ring (bicyclic) bond motifs is 2. The summed E-state index contributed by atoms with van der Waals surface area (Å²) in [4.78, 5) is 0. The number of aryl methyl sites for hydroxylation is 2. The summed E-state index contributed by atoms with van der Waals surface area (Å²) < 4.78 is 4.37. The monoisotopic (exact) mass is 738 g/mol. The predicted molar refractivity (Wildman–Crippen MR) is 193 cm³/mol. The van der Waals surface area contributed by atoms with Gasteiger partial charge in [0, 0.05) is 0 Å². The van der Waals surface area contributed by atoms with E-state index in [9.17, 15) is 0 Å².